The third-order valence-corrected chi connectivity index (χ3v) is 6.79. The molecule has 0 aromatic heterocycles. The first kappa shape index (κ1) is 16.2. The second-order valence-electron chi connectivity index (χ2n) is 8.30. The summed E-state index contributed by atoms with van der Waals surface area (Å²) in [6, 6.07) is 16.4. The van der Waals surface area contributed by atoms with E-state index in [1.54, 1.807) is 16.7 Å². The van der Waals surface area contributed by atoms with E-state index in [0.29, 0.717) is 12.1 Å². The van der Waals surface area contributed by atoms with Crippen LogP contribution in [0.15, 0.2) is 42.5 Å². The quantitative estimate of drug-likeness (QED) is 0.790. The Kier molecular flexibility index (Phi) is 4.12. The van der Waals surface area contributed by atoms with Crippen LogP contribution >= 0.6 is 0 Å². The van der Waals surface area contributed by atoms with Gasteiger partial charge in [0, 0.05) is 25.2 Å². The van der Waals surface area contributed by atoms with E-state index in [9.17, 15) is 0 Å². The number of aryl methyl sites for hydroxylation is 1. The number of hydrogen-bond donors (Lipinski definition) is 2. The SMILES string of the molecule is Nc1ccccc1NC1CCN(C2CC3CCCc4cccc2c43)CC1. The van der Waals surface area contributed by atoms with Gasteiger partial charge in [0.25, 0.3) is 0 Å². The van der Waals surface area contributed by atoms with Crippen molar-refractivity contribution in [2.45, 2.75) is 56.5 Å². The summed E-state index contributed by atoms with van der Waals surface area (Å²) in [5.74, 6) is 0.819. The lowest BCUT2D eigenvalue weighted by atomic mass is 9.84. The predicted molar refractivity (Wildman–Crippen MR) is 109 cm³/mol. The minimum absolute atomic E-state index is 0.537. The number of nitrogens with zero attached hydrogens (tertiary/aromatic N) is 1. The monoisotopic (exact) mass is 347 g/mol. The number of nitrogens with one attached hydrogen (secondary N) is 1. The van der Waals surface area contributed by atoms with Crippen molar-refractivity contribution < 1.29 is 0 Å². The summed E-state index contributed by atoms with van der Waals surface area (Å²) in [6.45, 7) is 2.37. The molecule has 3 N–H and O–H groups in total. The average Bonchev–Trinajstić information content (AvgIpc) is 3.05. The summed E-state index contributed by atoms with van der Waals surface area (Å²) < 4.78 is 0. The van der Waals surface area contributed by atoms with Crippen molar-refractivity contribution >= 4 is 11.4 Å². The fraction of sp³-hybridized carbons (Fsp3) is 0.478. The van der Waals surface area contributed by atoms with E-state index < -0.39 is 0 Å². The van der Waals surface area contributed by atoms with Crippen LogP contribution in [0.2, 0.25) is 0 Å². The van der Waals surface area contributed by atoms with E-state index in [4.69, 9.17) is 5.73 Å². The number of nitrogen functional groups attached to an aromatic ring is 1. The Labute approximate surface area is 156 Å². The summed E-state index contributed by atoms with van der Waals surface area (Å²) in [5.41, 5.74) is 13.0. The number of nitrogens with two attached hydrogens (primary N) is 1. The maximum absolute atomic E-state index is 6.10. The molecule has 0 bridgehead atoms. The molecule has 5 rings (SSSR count). The molecule has 2 aromatic rings. The fourth-order valence-corrected chi connectivity index (χ4v) is 5.50. The topological polar surface area (TPSA) is 41.3 Å². The van der Waals surface area contributed by atoms with Crippen LogP contribution in [0.4, 0.5) is 11.4 Å². The zero-order valence-electron chi connectivity index (χ0n) is 15.5. The normalized spacial score (nSPS) is 25.8. The highest BCUT2D eigenvalue weighted by molar-refractivity contribution is 5.66. The van der Waals surface area contributed by atoms with Gasteiger partial charge in [-0.25, -0.2) is 0 Å². The Morgan fingerprint density at radius 2 is 1.81 bits per heavy atom. The van der Waals surface area contributed by atoms with Crippen LogP contribution < -0.4 is 11.1 Å². The number of piperidine rings is 1. The molecule has 136 valence electrons. The lowest BCUT2D eigenvalue weighted by molar-refractivity contribution is 0.152. The Balaban J connectivity index is 1.27. The van der Waals surface area contributed by atoms with Gasteiger partial charge in [-0.15, -0.1) is 0 Å². The van der Waals surface area contributed by atoms with Crippen molar-refractivity contribution in [1.82, 2.24) is 4.90 Å². The fourth-order valence-electron chi connectivity index (χ4n) is 5.50. The van der Waals surface area contributed by atoms with Gasteiger partial charge in [-0.3, -0.25) is 4.90 Å². The van der Waals surface area contributed by atoms with Crippen LogP contribution in [0.5, 0.6) is 0 Å². The van der Waals surface area contributed by atoms with Gasteiger partial charge < -0.3 is 11.1 Å². The van der Waals surface area contributed by atoms with Crippen molar-refractivity contribution in [3.05, 3.63) is 59.2 Å². The molecule has 0 saturated carbocycles. The van der Waals surface area contributed by atoms with Crippen LogP contribution in [0, 0.1) is 0 Å². The third-order valence-electron chi connectivity index (χ3n) is 6.79. The largest absolute Gasteiger partial charge is 0.397 e. The first-order valence-electron chi connectivity index (χ1n) is 10.3. The summed E-state index contributed by atoms with van der Waals surface area (Å²) >= 11 is 0. The number of hydrogen-bond acceptors (Lipinski definition) is 3. The average molecular weight is 348 g/mol. The van der Waals surface area contributed by atoms with Gasteiger partial charge in [0.1, 0.15) is 0 Å². The second kappa shape index (κ2) is 6.62. The molecule has 2 atom stereocenters. The molecule has 1 aliphatic heterocycles. The van der Waals surface area contributed by atoms with E-state index in [1.807, 2.05) is 12.1 Å². The van der Waals surface area contributed by atoms with Gasteiger partial charge >= 0.3 is 0 Å². The van der Waals surface area contributed by atoms with Gasteiger partial charge in [-0.2, -0.15) is 0 Å². The minimum atomic E-state index is 0.537. The molecule has 2 aliphatic carbocycles. The van der Waals surface area contributed by atoms with E-state index in [2.05, 4.69) is 40.5 Å². The lowest BCUT2D eigenvalue weighted by Crippen LogP contribution is -2.40. The van der Waals surface area contributed by atoms with Gasteiger partial charge in [-0.05, 0) is 73.3 Å². The predicted octanol–water partition coefficient (Wildman–Crippen LogP) is 4.71. The Bertz CT molecular complexity index is 792. The molecular formula is C23H29N3. The number of para-hydroxylation sites is 2. The van der Waals surface area contributed by atoms with Crippen LogP contribution in [0.3, 0.4) is 0 Å². The molecule has 26 heavy (non-hydrogen) atoms. The standard InChI is InChI=1S/C23H29N3/c24-20-9-1-2-10-21(20)25-18-11-13-26(14-12-18)22-15-17-7-3-5-16-6-4-8-19(22)23(16)17/h1-2,4,6,8-10,17-18,22,25H,3,5,7,11-15,24H2. The smallest absolute Gasteiger partial charge is 0.0576 e. The highest BCUT2D eigenvalue weighted by Crippen LogP contribution is 2.50. The zero-order valence-corrected chi connectivity index (χ0v) is 15.5. The number of benzene rings is 2. The molecular weight excluding hydrogens is 318 g/mol. The summed E-state index contributed by atoms with van der Waals surface area (Å²) in [6.07, 6.45) is 7.80. The summed E-state index contributed by atoms with van der Waals surface area (Å²) in [5, 5.41) is 3.67. The molecule has 2 unspecified atom stereocenters. The van der Waals surface area contributed by atoms with Gasteiger partial charge in [0.15, 0.2) is 0 Å². The van der Waals surface area contributed by atoms with Crippen LogP contribution in [-0.4, -0.2) is 24.0 Å². The molecule has 0 amide bonds. The number of likely N-dealkylation sites (tertiary alicyclic amines) is 1. The molecule has 3 aliphatic rings. The van der Waals surface area contributed by atoms with E-state index in [-0.39, 0.29) is 0 Å². The van der Waals surface area contributed by atoms with Crippen molar-refractivity contribution in [3.63, 3.8) is 0 Å². The Hall–Kier alpha value is -2.00. The molecule has 3 heteroatoms. The molecule has 1 fully saturated rings. The Morgan fingerprint density at radius 1 is 0.962 bits per heavy atom. The number of rotatable bonds is 3. The minimum Gasteiger partial charge on any atom is -0.397 e. The van der Waals surface area contributed by atoms with Crippen LogP contribution in [0.1, 0.15) is 60.8 Å². The second-order valence-corrected chi connectivity index (χ2v) is 8.30. The zero-order chi connectivity index (χ0) is 17.5. The maximum atomic E-state index is 6.10. The van der Waals surface area contributed by atoms with E-state index in [0.717, 1.165) is 17.3 Å². The van der Waals surface area contributed by atoms with Gasteiger partial charge in [0.2, 0.25) is 0 Å². The molecule has 1 heterocycles. The van der Waals surface area contributed by atoms with Crippen molar-refractivity contribution in [2.75, 3.05) is 24.1 Å². The Morgan fingerprint density at radius 3 is 2.65 bits per heavy atom. The highest BCUT2D eigenvalue weighted by atomic mass is 15.2. The third kappa shape index (κ3) is 2.79. The number of anilines is 2. The molecule has 1 saturated heterocycles. The molecule has 3 nitrogen and oxygen atoms in total. The molecule has 0 radical (unpaired) electrons. The van der Waals surface area contributed by atoms with Gasteiger partial charge in [-0.1, -0.05) is 30.3 Å². The van der Waals surface area contributed by atoms with Crippen molar-refractivity contribution in [3.8, 4) is 0 Å². The van der Waals surface area contributed by atoms with Crippen LogP contribution in [-0.2, 0) is 6.42 Å². The van der Waals surface area contributed by atoms with E-state index in [1.165, 1.54) is 51.6 Å². The first-order chi connectivity index (χ1) is 12.8. The summed E-state index contributed by atoms with van der Waals surface area (Å²) in [4.78, 5) is 2.75. The van der Waals surface area contributed by atoms with Crippen molar-refractivity contribution in [2.24, 2.45) is 0 Å². The van der Waals surface area contributed by atoms with Gasteiger partial charge in [0.05, 0.1) is 11.4 Å². The maximum Gasteiger partial charge on any atom is 0.0576 e. The highest BCUT2D eigenvalue weighted by Gasteiger charge is 2.38. The van der Waals surface area contributed by atoms with E-state index >= 15 is 0 Å². The first-order valence-corrected chi connectivity index (χ1v) is 10.3. The van der Waals surface area contributed by atoms with Crippen molar-refractivity contribution in [1.29, 1.82) is 0 Å². The molecule has 2 aromatic carbocycles. The summed E-state index contributed by atoms with van der Waals surface area (Å²) in [7, 11) is 0. The van der Waals surface area contributed by atoms with Crippen LogP contribution in [0.25, 0.3) is 0 Å². The lowest BCUT2D eigenvalue weighted by Gasteiger charge is -2.37. The molecule has 0 spiro atoms.